The van der Waals surface area contributed by atoms with Gasteiger partial charge in [-0.1, -0.05) is 22.9 Å². The van der Waals surface area contributed by atoms with Crippen molar-refractivity contribution in [2.45, 2.75) is 32.9 Å². The second-order valence-corrected chi connectivity index (χ2v) is 7.42. The zero-order valence-corrected chi connectivity index (χ0v) is 19.7. The van der Waals surface area contributed by atoms with Gasteiger partial charge in [0.25, 0.3) is 0 Å². The Hall–Kier alpha value is -1.01. The summed E-state index contributed by atoms with van der Waals surface area (Å²) in [6.07, 6.45) is 3.69. The van der Waals surface area contributed by atoms with Gasteiger partial charge in [0.15, 0.2) is 5.96 Å². The molecule has 0 aliphatic heterocycles. The maximum atomic E-state index is 12.5. The van der Waals surface area contributed by atoms with Crippen LogP contribution in [0, 0.1) is 0 Å². The van der Waals surface area contributed by atoms with Crippen LogP contribution < -0.4 is 15.4 Å². The predicted molar refractivity (Wildman–Crippen MR) is 120 cm³/mol. The van der Waals surface area contributed by atoms with Gasteiger partial charge in [0.05, 0.1) is 5.01 Å². The van der Waals surface area contributed by atoms with Gasteiger partial charge in [0.1, 0.15) is 5.75 Å². The molecule has 2 N–H and O–H groups in total. The maximum absolute atomic E-state index is 12.5. The Kier molecular flexibility index (Phi) is 11.1. The molecule has 0 aliphatic rings. The minimum absolute atomic E-state index is 0. The van der Waals surface area contributed by atoms with Crippen LogP contribution in [-0.4, -0.2) is 31.1 Å². The van der Waals surface area contributed by atoms with E-state index in [4.69, 9.17) is 0 Å². The number of aryl methyl sites for hydroxylation is 1. The Bertz CT molecular complexity index is 745. The Balaban J connectivity index is 0.00000364. The molecule has 150 valence electrons. The smallest absolute Gasteiger partial charge is 0.387 e. The summed E-state index contributed by atoms with van der Waals surface area (Å²) < 4.78 is 30.4. The number of aromatic nitrogens is 1. The minimum Gasteiger partial charge on any atom is -0.434 e. The number of alkyl halides is 2. The van der Waals surface area contributed by atoms with E-state index in [1.165, 1.54) is 10.9 Å². The fourth-order valence-electron chi connectivity index (χ4n) is 2.21. The van der Waals surface area contributed by atoms with Crippen LogP contribution in [0.4, 0.5) is 8.78 Å². The standard InChI is InChI=1S/C17H21BrF2N4OS.HI/c1-3-13-10-23-15(26-13)6-7-22-17(21-2)24-9-11-8-12(18)4-5-14(11)25-16(19)20;/h4-5,8,10,16H,3,6-7,9H2,1-2H3,(H2,21,22,24);1H. The minimum atomic E-state index is -2.86. The van der Waals surface area contributed by atoms with Gasteiger partial charge in [-0.2, -0.15) is 8.78 Å². The molecule has 1 aromatic heterocycles. The third-order valence-electron chi connectivity index (χ3n) is 3.49. The molecule has 0 radical (unpaired) electrons. The molecule has 10 heteroatoms. The second kappa shape index (κ2) is 12.4. The molecule has 0 atom stereocenters. The molecule has 0 saturated heterocycles. The molecular formula is C17H22BrF2IN4OS. The average molecular weight is 575 g/mol. The summed E-state index contributed by atoms with van der Waals surface area (Å²) in [6, 6.07) is 4.91. The number of hydrogen-bond acceptors (Lipinski definition) is 4. The lowest BCUT2D eigenvalue weighted by Crippen LogP contribution is -2.38. The molecule has 1 aromatic carbocycles. The summed E-state index contributed by atoms with van der Waals surface area (Å²) in [5.74, 6) is 0.723. The summed E-state index contributed by atoms with van der Waals surface area (Å²) in [4.78, 5) is 9.79. The van der Waals surface area contributed by atoms with E-state index in [0.29, 0.717) is 24.6 Å². The highest BCUT2D eigenvalue weighted by Gasteiger charge is 2.11. The monoisotopic (exact) mass is 574 g/mol. The van der Waals surface area contributed by atoms with Gasteiger partial charge in [0, 0.05) is 47.7 Å². The number of thiazole rings is 1. The van der Waals surface area contributed by atoms with Crippen LogP contribution in [0.1, 0.15) is 22.4 Å². The summed E-state index contributed by atoms with van der Waals surface area (Å²) >= 11 is 5.05. The molecule has 5 nitrogen and oxygen atoms in total. The van der Waals surface area contributed by atoms with Crippen molar-refractivity contribution in [1.82, 2.24) is 15.6 Å². The van der Waals surface area contributed by atoms with E-state index in [2.05, 4.69) is 48.2 Å². The number of guanidine groups is 1. The van der Waals surface area contributed by atoms with Gasteiger partial charge < -0.3 is 15.4 Å². The lowest BCUT2D eigenvalue weighted by molar-refractivity contribution is -0.0504. The van der Waals surface area contributed by atoms with Crippen molar-refractivity contribution in [3.63, 3.8) is 0 Å². The highest BCUT2D eigenvalue weighted by molar-refractivity contribution is 14.0. The van der Waals surface area contributed by atoms with Crippen molar-refractivity contribution in [1.29, 1.82) is 0 Å². The fourth-order valence-corrected chi connectivity index (χ4v) is 3.48. The number of benzene rings is 1. The molecule has 1 heterocycles. The van der Waals surface area contributed by atoms with Crippen molar-refractivity contribution in [3.8, 4) is 5.75 Å². The van der Waals surface area contributed by atoms with Gasteiger partial charge in [0.2, 0.25) is 0 Å². The van der Waals surface area contributed by atoms with Gasteiger partial charge >= 0.3 is 6.61 Å². The number of ether oxygens (including phenoxy) is 1. The first-order chi connectivity index (χ1) is 12.5. The number of rotatable bonds is 8. The van der Waals surface area contributed by atoms with E-state index in [0.717, 1.165) is 22.3 Å². The lowest BCUT2D eigenvalue weighted by Gasteiger charge is -2.14. The van der Waals surface area contributed by atoms with Crippen LogP contribution in [0.2, 0.25) is 0 Å². The predicted octanol–water partition coefficient (Wildman–Crippen LogP) is 4.60. The number of nitrogens with one attached hydrogen (secondary N) is 2. The highest BCUT2D eigenvalue weighted by atomic mass is 127. The van der Waals surface area contributed by atoms with Crippen LogP contribution >= 0.6 is 51.2 Å². The number of halogens is 4. The van der Waals surface area contributed by atoms with E-state index < -0.39 is 6.61 Å². The van der Waals surface area contributed by atoms with Crippen molar-refractivity contribution in [2.24, 2.45) is 4.99 Å². The molecule has 0 amide bonds. The summed E-state index contributed by atoms with van der Waals surface area (Å²) in [5, 5.41) is 7.37. The fraction of sp³-hybridized carbons (Fsp3) is 0.412. The average Bonchev–Trinajstić information content (AvgIpc) is 3.07. The van der Waals surface area contributed by atoms with Gasteiger partial charge in [-0.25, -0.2) is 4.98 Å². The van der Waals surface area contributed by atoms with Crippen LogP contribution in [0.3, 0.4) is 0 Å². The van der Waals surface area contributed by atoms with Crippen LogP contribution in [-0.2, 0) is 19.4 Å². The SMILES string of the molecule is CCc1cnc(CCNC(=NC)NCc2cc(Br)ccc2OC(F)F)s1.I. The zero-order valence-electron chi connectivity index (χ0n) is 15.0. The van der Waals surface area contributed by atoms with Crippen molar-refractivity contribution >= 4 is 57.2 Å². The quantitative estimate of drug-likeness (QED) is 0.275. The first-order valence-corrected chi connectivity index (χ1v) is 9.74. The van der Waals surface area contributed by atoms with Gasteiger partial charge in [-0.05, 0) is 24.6 Å². The highest BCUT2D eigenvalue weighted by Crippen LogP contribution is 2.24. The van der Waals surface area contributed by atoms with Gasteiger partial charge in [-0.15, -0.1) is 35.3 Å². The largest absolute Gasteiger partial charge is 0.434 e. The Morgan fingerprint density at radius 2 is 2.15 bits per heavy atom. The Labute approximate surface area is 187 Å². The summed E-state index contributed by atoms with van der Waals surface area (Å²) in [7, 11) is 1.66. The maximum Gasteiger partial charge on any atom is 0.387 e. The van der Waals surface area contributed by atoms with Gasteiger partial charge in [-0.3, -0.25) is 4.99 Å². The van der Waals surface area contributed by atoms with Crippen LogP contribution in [0.5, 0.6) is 5.75 Å². The second-order valence-electron chi connectivity index (χ2n) is 5.31. The van der Waals surface area contributed by atoms with E-state index in [1.807, 2.05) is 6.20 Å². The third kappa shape index (κ3) is 8.26. The number of hydrogen-bond donors (Lipinski definition) is 2. The van der Waals surface area contributed by atoms with E-state index in [9.17, 15) is 8.78 Å². The van der Waals surface area contributed by atoms with Crippen LogP contribution in [0.25, 0.3) is 0 Å². The molecule has 0 saturated carbocycles. The first-order valence-electron chi connectivity index (χ1n) is 8.13. The Morgan fingerprint density at radius 1 is 1.37 bits per heavy atom. The normalized spacial score (nSPS) is 11.3. The zero-order chi connectivity index (χ0) is 18.9. The van der Waals surface area contributed by atoms with E-state index in [1.54, 1.807) is 30.5 Å². The molecular weight excluding hydrogens is 553 g/mol. The molecule has 0 fully saturated rings. The molecule has 2 rings (SSSR count). The summed E-state index contributed by atoms with van der Waals surface area (Å²) in [5.41, 5.74) is 0.607. The molecule has 27 heavy (non-hydrogen) atoms. The number of aliphatic imine (C=N–C) groups is 1. The third-order valence-corrected chi connectivity index (χ3v) is 5.18. The van der Waals surface area contributed by atoms with Crippen molar-refractivity contribution < 1.29 is 13.5 Å². The lowest BCUT2D eigenvalue weighted by atomic mass is 10.2. The molecule has 2 aromatic rings. The molecule has 0 bridgehead atoms. The van der Waals surface area contributed by atoms with E-state index >= 15 is 0 Å². The Morgan fingerprint density at radius 3 is 2.78 bits per heavy atom. The van der Waals surface area contributed by atoms with E-state index in [-0.39, 0.29) is 29.7 Å². The molecule has 0 aliphatic carbocycles. The summed E-state index contributed by atoms with van der Waals surface area (Å²) in [6.45, 7) is 0.224. The first kappa shape index (κ1) is 24.0. The topological polar surface area (TPSA) is 58.5 Å². The van der Waals surface area contributed by atoms with Crippen molar-refractivity contribution in [3.05, 3.63) is 44.3 Å². The van der Waals surface area contributed by atoms with Crippen molar-refractivity contribution in [2.75, 3.05) is 13.6 Å². The number of nitrogens with zero attached hydrogens (tertiary/aromatic N) is 2. The molecule has 0 unspecified atom stereocenters. The molecule has 0 spiro atoms. The van der Waals surface area contributed by atoms with Crippen LogP contribution in [0.15, 0.2) is 33.9 Å².